The topological polar surface area (TPSA) is 89.1 Å². The van der Waals surface area contributed by atoms with Gasteiger partial charge in [-0.2, -0.15) is 5.10 Å². The Morgan fingerprint density at radius 3 is 2.78 bits per heavy atom. The van der Waals surface area contributed by atoms with Crippen LogP contribution in [0.2, 0.25) is 0 Å². The summed E-state index contributed by atoms with van der Waals surface area (Å²) in [5.41, 5.74) is 2.10. The Morgan fingerprint density at radius 2 is 1.94 bits per heavy atom. The van der Waals surface area contributed by atoms with Crippen molar-refractivity contribution >= 4 is 22.5 Å². The molecule has 1 fully saturated rings. The fourth-order valence-corrected chi connectivity index (χ4v) is 4.21. The predicted molar refractivity (Wildman–Crippen MR) is 122 cm³/mol. The lowest BCUT2D eigenvalue weighted by Gasteiger charge is -2.12. The molecule has 1 atom stereocenters. The molecule has 5 rings (SSSR count). The monoisotopic (exact) mass is 430 g/mol. The number of carbonyl (C=O) groups is 1. The zero-order valence-corrected chi connectivity index (χ0v) is 18.3. The molecular weight excluding hydrogens is 404 g/mol. The quantitative estimate of drug-likeness (QED) is 0.525. The van der Waals surface area contributed by atoms with Gasteiger partial charge in [0.15, 0.2) is 5.89 Å². The van der Waals surface area contributed by atoms with E-state index in [1.165, 1.54) is 6.20 Å². The number of amides is 1. The minimum Gasteiger partial charge on any atom is -0.435 e. The summed E-state index contributed by atoms with van der Waals surface area (Å²) in [5, 5.41) is 9.06. The Kier molecular flexibility index (Phi) is 5.45. The minimum absolute atomic E-state index is 0.212. The number of aryl methyl sites for hydroxylation is 1. The highest BCUT2D eigenvalue weighted by molar-refractivity contribution is 6.02. The zero-order valence-electron chi connectivity index (χ0n) is 18.3. The van der Waals surface area contributed by atoms with Gasteiger partial charge in [0.25, 0.3) is 5.91 Å². The molecule has 32 heavy (non-hydrogen) atoms. The number of oxazole rings is 1. The maximum absolute atomic E-state index is 12.8. The highest BCUT2D eigenvalue weighted by Gasteiger charge is 2.23. The van der Waals surface area contributed by atoms with Crippen LogP contribution in [-0.4, -0.2) is 50.7 Å². The van der Waals surface area contributed by atoms with Crippen molar-refractivity contribution in [1.29, 1.82) is 0 Å². The number of likely N-dealkylation sites (tertiary alicyclic amines) is 1. The number of carbonyl (C=O) groups excluding carboxylic acids is 1. The number of nitrogens with one attached hydrogen (secondary N) is 1. The molecule has 3 aromatic heterocycles. The van der Waals surface area contributed by atoms with Gasteiger partial charge in [-0.25, -0.2) is 9.97 Å². The molecule has 1 saturated heterocycles. The largest absolute Gasteiger partial charge is 0.435 e. The smallest absolute Gasteiger partial charge is 0.294 e. The molecule has 0 saturated carbocycles. The summed E-state index contributed by atoms with van der Waals surface area (Å²) in [4.78, 5) is 23.8. The summed E-state index contributed by atoms with van der Waals surface area (Å²) in [7, 11) is 4.03. The maximum Gasteiger partial charge on any atom is 0.294 e. The third-order valence-electron chi connectivity index (χ3n) is 6.05. The van der Waals surface area contributed by atoms with Gasteiger partial charge in [0.05, 0.1) is 12.4 Å². The number of benzene rings is 1. The molecule has 1 unspecified atom stereocenters. The standard InChI is InChI=1S/C24H26N6O2/c1-29-8-3-4-16(7-9-29)24-26-14-21(32-24)23(31)28-22-11-19-10-17(5-6-18(19)12-25-22)20-13-27-30(2)15-20/h5-6,10-16H,3-4,7-9H2,1-2H3,(H,25,28,31). The van der Waals surface area contributed by atoms with E-state index in [2.05, 4.69) is 38.4 Å². The van der Waals surface area contributed by atoms with E-state index < -0.39 is 0 Å². The van der Waals surface area contributed by atoms with E-state index in [1.54, 1.807) is 10.9 Å². The normalized spacial score (nSPS) is 17.4. The molecule has 4 heterocycles. The number of rotatable bonds is 4. The second-order valence-corrected chi connectivity index (χ2v) is 8.48. The van der Waals surface area contributed by atoms with Gasteiger partial charge in [0, 0.05) is 36.3 Å². The van der Waals surface area contributed by atoms with E-state index in [9.17, 15) is 4.79 Å². The number of aromatic nitrogens is 4. The molecular formula is C24H26N6O2. The van der Waals surface area contributed by atoms with Crippen molar-refractivity contribution in [2.45, 2.75) is 25.2 Å². The summed E-state index contributed by atoms with van der Waals surface area (Å²) in [6.07, 6.45) is 10.2. The Balaban J connectivity index is 1.32. The third kappa shape index (κ3) is 4.27. The fourth-order valence-electron chi connectivity index (χ4n) is 4.21. The van der Waals surface area contributed by atoms with Crippen molar-refractivity contribution in [3.63, 3.8) is 0 Å². The van der Waals surface area contributed by atoms with Gasteiger partial charge in [-0.1, -0.05) is 12.1 Å². The molecule has 1 amide bonds. The zero-order chi connectivity index (χ0) is 22.1. The number of hydrogen-bond donors (Lipinski definition) is 1. The third-order valence-corrected chi connectivity index (χ3v) is 6.05. The summed E-state index contributed by atoms with van der Waals surface area (Å²) in [6, 6.07) is 7.99. The van der Waals surface area contributed by atoms with Crippen LogP contribution in [-0.2, 0) is 7.05 Å². The molecule has 0 spiro atoms. The molecule has 0 bridgehead atoms. The van der Waals surface area contributed by atoms with Crippen molar-refractivity contribution in [3.05, 3.63) is 60.7 Å². The minimum atomic E-state index is -0.343. The van der Waals surface area contributed by atoms with Gasteiger partial charge in [0.1, 0.15) is 5.82 Å². The van der Waals surface area contributed by atoms with E-state index in [4.69, 9.17) is 4.42 Å². The molecule has 1 aliphatic rings. The van der Waals surface area contributed by atoms with E-state index in [1.807, 2.05) is 37.6 Å². The lowest BCUT2D eigenvalue weighted by Crippen LogP contribution is -2.18. The predicted octanol–water partition coefficient (Wildman–Crippen LogP) is 4.07. The first-order valence-corrected chi connectivity index (χ1v) is 10.9. The van der Waals surface area contributed by atoms with Gasteiger partial charge in [-0.15, -0.1) is 0 Å². The summed E-state index contributed by atoms with van der Waals surface area (Å²) >= 11 is 0. The number of anilines is 1. The first-order valence-electron chi connectivity index (χ1n) is 10.9. The van der Waals surface area contributed by atoms with Crippen LogP contribution in [0.3, 0.4) is 0 Å². The molecule has 0 aliphatic carbocycles. The number of hydrogen-bond acceptors (Lipinski definition) is 6. The van der Waals surface area contributed by atoms with Gasteiger partial charge in [0.2, 0.25) is 5.76 Å². The number of fused-ring (bicyclic) bond motifs is 1. The highest BCUT2D eigenvalue weighted by atomic mass is 16.4. The molecule has 8 heteroatoms. The summed E-state index contributed by atoms with van der Waals surface area (Å²) < 4.78 is 7.61. The summed E-state index contributed by atoms with van der Waals surface area (Å²) in [5.74, 6) is 1.25. The second-order valence-electron chi connectivity index (χ2n) is 8.48. The van der Waals surface area contributed by atoms with Gasteiger partial charge >= 0.3 is 0 Å². The van der Waals surface area contributed by atoms with E-state index in [0.717, 1.165) is 54.3 Å². The van der Waals surface area contributed by atoms with E-state index in [0.29, 0.717) is 11.7 Å². The second kappa shape index (κ2) is 8.55. The van der Waals surface area contributed by atoms with Crippen LogP contribution in [0.15, 0.2) is 53.5 Å². The molecule has 1 aromatic carbocycles. The Bertz CT molecular complexity index is 1260. The van der Waals surface area contributed by atoms with Crippen molar-refractivity contribution in [2.24, 2.45) is 7.05 Å². The van der Waals surface area contributed by atoms with Crippen molar-refractivity contribution in [3.8, 4) is 11.1 Å². The van der Waals surface area contributed by atoms with Crippen LogP contribution in [0.4, 0.5) is 5.82 Å². The molecule has 8 nitrogen and oxygen atoms in total. The first-order chi connectivity index (χ1) is 15.5. The highest BCUT2D eigenvalue weighted by Crippen LogP contribution is 2.28. The fraction of sp³-hybridized carbons (Fsp3) is 0.333. The van der Waals surface area contributed by atoms with Crippen molar-refractivity contribution in [2.75, 3.05) is 25.5 Å². The van der Waals surface area contributed by atoms with Crippen LogP contribution < -0.4 is 5.32 Å². The number of nitrogens with zero attached hydrogens (tertiary/aromatic N) is 5. The average molecular weight is 431 g/mol. The average Bonchev–Trinajstić information content (AvgIpc) is 3.40. The first kappa shape index (κ1) is 20.4. The molecule has 1 aliphatic heterocycles. The summed E-state index contributed by atoms with van der Waals surface area (Å²) in [6.45, 7) is 2.09. The van der Waals surface area contributed by atoms with Crippen LogP contribution >= 0.6 is 0 Å². The maximum atomic E-state index is 12.8. The van der Waals surface area contributed by atoms with Crippen LogP contribution in [0.1, 0.15) is 41.6 Å². The van der Waals surface area contributed by atoms with Gasteiger partial charge < -0.3 is 14.6 Å². The van der Waals surface area contributed by atoms with E-state index >= 15 is 0 Å². The lowest BCUT2D eigenvalue weighted by atomic mass is 10.0. The lowest BCUT2D eigenvalue weighted by molar-refractivity contribution is 0.0993. The van der Waals surface area contributed by atoms with Crippen LogP contribution in [0, 0.1) is 0 Å². The number of pyridine rings is 1. The van der Waals surface area contributed by atoms with E-state index in [-0.39, 0.29) is 17.6 Å². The molecule has 164 valence electrons. The molecule has 4 aromatic rings. The van der Waals surface area contributed by atoms with Gasteiger partial charge in [-0.3, -0.25) is 9.48 Å². The molecule has 1 N–H and O–H groups in total. The van der Waals surface area contributed by atoms with Crippen molar-refractivity contribution in [1.82, 2.24) is 24.6 Å². The Morgan fingerprint density at radius 1 is 1.03 bits per heavy atom. The van der Waals surface area contributed by atoms with Crippen LogP contribution in [0.5, 0.6) is 0 Å². The Labute approximate surface area is 186 Å². The molecule has 0 radical (unpaired) electrons. The Hall–Kier alpha value is -3.52. The SMILES string of the molecule is CN1CCCC(c2ncc(C(=O)Nc3cc4cc(-c5cnn(C)c5)ccc4cn3)o2)CC1. The van der Waals surface area contributed by atoms with Gasteiger partial charge in [-0.05, 0) is 62.5 Å². The van der Waals surface area contributed by atoms with Crippen LogP contribution in [0.25, 0.3) is 21.9 Å². The van der Waals surface area contributed by atoms with Crippen molar-refractivity contribution < 1.29 is 9.21 Å².